The van der Waals surface area contributed by atoms with Crippen molar-refractivity contribution in [1.82, 2.24) is 19.6 Å². The molecule has 4 aliphatic rings. The lowest BCUT2D eigenvalue weighted by molar-refractivity contribution is -0.00809. The third kappa shape index (κ3) is 8.45. The van der Waals surface area contributed by atoms with E-state index < -0.39 is 17.2 Å². The molecule has 0 radical (unpaired) electrons. The summed E-state index contributed by atoms with van der Waals surface area (Å²) in [6.07, 6.45) is 10.9. The van der Waals surface area contributed by atoms with Crippen LogP contribution in [0.3, 0.4) is 0 Å². The standard InChI is InChI=1S/C20H23N3O2.C16H17N3O3.C3H7N/c1-13-17(12-23(3)21-13)20(2)11-18(22-25-20)15-6-8-16(9-7-15)19(24)10-14-4-5-14;1-10-13(9-19(3)17-10)16(2)8-14(18-22-16)11-4-6-12(7-5-11)15(20)21;4-3-1-2-3/h6-9,12,14H,4-5,10-11H2,1-3H3;4-7,9H,8H2,1-3H3,(H,20,21);3H,1-2,4H2. The lowest BCUT2D eigenvalue weighted by Gasteiger charge is -2.20. The predicted molar refractivity (Wildman–Crippen MR) is 194 cm³/mol. The molecule has 2 fully saturated rings. The quantitative estimate of drug-likeness (QED) is 0.203. The Hall–Kier alpha value is -5.10. The number of hydrogen-bond acceptors (Lipinski definition) is 9. The average molecular weight is 694 g/mol. The number of nitrogens with zero attached hydrogens (tertiary/aromatic N) is 6. The maximum atomic E-state index is 12.2. The molecular formula is C39H47N7O5. The van der Waals surface area contributed by atoms with Crippen molar-refractivity contribution in [2.24, 2.45) is 36.1 Å². The number of aromatic nitrogens is 4. The molecule has 2 unspecified atom stereocenters. The third-order valence-electron chi connectivity index (χ3n) is 9.69. The van der Waals surface area contributed by atoms with Gasteiger partial charge in [0.2, 0.25) is 0 Å². The second-order valence-corrected chi connectivity index (χ2v) is 14.5. The minimum atomic E-state index is -0.938. The Morgan fingerprint density at radius 2 is 1.18 bits per heavy atom. The van der Waals surface area contributed by atoms with Crippen molar-refractivity contribution in [1.29, 1.82) is 0 Å². The van der Waals surface area contributed by atoms with Crippen molar-refractivity contribution < 1.29 is 24.4 Å². The first kappa shape index (κ1) is 35.7. The number of oxime groups is 2. The molecule has 51 heavy (non-hydrogen) atoms. The minimum absolute atomic E-state index is 0.245. The Morgan fingerprint density at radius 1 is 0.765 bits per heavy atom. The number of nitrogens with two attached hydrogens (primary N) is 1. The average Bonchev–Trinajstić information content (AvgIpc) is 3.91. The molecule has 4 aromatic rings. The van der Waals surface area contributed by atoms with Crippen molar-refractivity contribution in [2.45, 2.75) is 89.9 Å². The van der Waals surface area contributed by atoms with E-state index in [1.54, 1.807) is 33.6 Å². The van der Waals surface area contributed by atoms with Gasteiger partial charge < -0.3 is 20.5 Å². The number of carbonyl (C=O) groups excluding carboxylic acids is 1. The van der Waals surface area contributed by atoms with Crippen LogP contribution in [-0.4, -0.2) is 53.9 Å². The lowest BCUT2D eigenvalue weighted by atomic mass is 9.89. The first-order valence-corrected chi connectivity index (χ1v) is 17.5. The number of aromatic carboxylic acids is 1. The summed E-state index contributed by atoms with van der Waals surface area (Å²) in [5, 5.41) is 26.2. The van der Waals surface area contributed by atoms with Crippen LogP contribution in [0.5, 0.6) is 0 Å². The molecule has 12 nitrogen and oxygen atoms in total. The maximum absolute atomic E-state index is 12.2. The smallest absolute Gasteiger partial charge is 0.335 e. The molecule has 2 atom stereocenters. The monoisotopic (exact) mass is 693 g/mol. The number of hydrogen-bond donors (Lipinski definition) is 2. The summed E-state index contributed by atoms with van der Waals surface area (Å²) in [6.45, 7) is 7.96. The fourth-order valence-corrected chi connectivity index (χ4v) is 6.37. The number of Topliss-reactive ketones (excluding diaryl/α,β-unsaturated/α-hetero) is 1. The van der Waals surface area contributed by atoms with E-state index in [9.17, 15) is 9.59 Å². The van der Waals surface area contributed by atoms with E-state index in [1.807, 2.05) is 78.4 Å². The van der Waals surface area contributed by atoms with Gasteiger partial charge in [0.1, 0.15) is 0 Å². The van der Waals surface area contributed by atoms with E-state index in [0.29, 0.717) is 31.2 Å². The summed E-state index contributed by atoms with van der Waals surface area (Å²) < 4.78 is 3.57. The lowest BCUT2D eigenvalue weighted by Crippen LogP contribution is -2.22. The Labute approximate surface area is 298 Å². The highest BCUT2D eigenvalue weighted by Gasteiger charge is 2.40. The molecule has 2 aliphatic carbocycles. The second-order valence-electron chi connectivity index (χ2n) is 14.5. The van der Waals surface area contributed by atoms with Crippen LogP contribution >= 0.6 is 0 Å². The third-order valence-corrected chi connectivity index (χ3v) is 9.69. The van der Waals surface area contributed by atoms with Gasteiger partial charge in [-0.3, -0.25) is 14.2 Å². The number of rotatable bonds is 8. The van der Waals surface area contributed by atoms with Gasteiger partial charge in [-0.2, -0.15) is 10.2 Å². The van der Waals surface area contributed by atoms with Gasteiger partial charge in [0, 0.05) is 68.5 Å². The topological polar surface area (TPSA) is 159 Å². The van der Waals surface area contributed by atoms with E-state index in [-0.39, 0.29) is 11.3 Å². The number of carboxylic acids is 1. The molecule has 0 bridgehead atoms. The summed E-state index contributed by atoms with van der Waals surface area (Å²) in [5.74, 6) is -0.0790. The van der Waals surface area contributed by atoms with Crippen LogP contribution in [0.4, 0.5) is 0 Å². The zero-order valence-corrected chi connectivity index (χ0v) is 30.2. The van der Waals surface area contributed by atoms with E-state index in [1.165, 1.54) is 25.7 Å². The van der Waals surface area contributed by atoms with Crippen molar-refractivity contribution in [3.8, 4) is 0 Å². The van der Waals surface area contributed by atoms with Crippen molar-refractivity contribution in [3.05, 3.63) is 106 Å². The molecule has 0 spiro atoms. The zero-order valence-electron chi connectivity index (χ0n) is 30.2. The molecule has 12 heteroatoms. The molecule has 2 saturated carbocycles. The highest BCUT2D eigenvalue weighted by atomic mass is 16.7. The van der Waals surface area contributed by atoms with E-state index in [2.05, 4.69) is 20.5 Å². The molecule has 0 amide bonds. The van der Waals surface area contributed by atoms with Crippen LogP contribution in [0, 0.1) is 19.8 Å². The molecule has 8 rings (SSSR count). The van der Waals surface area contributed by atoms with Crippen LogP contribution in [0.2, 0.25) is 0 Å². The first-order valence-electron chi connectivity index (χ1n) is 17.5. The number of ketones is 1. The van der Waals surface area contributed by atoms with Crippen LogP contribution in [0.1, 0.15) is 113 Å². The fourth-order valence-electron chi connectivity index (χ4n) is 6.37. The summed E-state index contributed by atoms with van der Waals surface area (Å²) >= 11 is 0. The number of carboxylic acid groups (broad SMARTS) is 1. The zero-order chi connectivity index (χ0) is 36.5. The molecule has 268 valence electrons. The normalized spacial score (nSPS) is 22.0. The Morgan fingerprint density at radius 3 is 1.51 bits per heavy atom. The molecular weight excluding hydrogens is 646 g/mol. The molecule has 2 aromatic carbocycles. The van der Waals surface area contributed by atoms with Crippen molar-refractivity contribution >= 4 is 23.2 Å². The molecule has 2 aromatic heterocycles. The number of aryl methyl sites for hydroxylation is 4. The van der Waals surface area contributed by atoms with Gasteiger partial charge in [-0.15, -0.1) is 0 Å². The molecule has 2 aliphatic heterocycles. The van der Waals surface area contributed by atoms with Gasteiger partial charge in [0.25, 0.3) is 0 Å². The van der Waals surface area contributed by atoms with Crippen LogP contribution in [0.25, 0.3) is 0 Å². The minimum Gasteiger partial charge on any atom is -0.478 e. The van der Waals surface area contributed by atoms with Crippen LogP contribution in [-0.2, 0) is 35.0 Å². The SMILES string of the molecule is Cc1nn(C)cc1C1(C)CC(c2ccc(C(=O)CC3CC3)cc2)=NO1.Cc1nn(C)cc1C1(C)CC(c2ccc(C(=O)O)cc2)=NO1.NC1CC1. The highest BCUT2D eigenvalue weighted by molar-refractivity contribution is 6.03. The second kappa shape index (κ2) is 14.3. The molecule has 3 N–H and O–H groups in total. The number of benzene rings is 2. The van der Waals surface area contributed by atoms with E-state index in [0.717, 1.165) is 50.6 Å². The van der Waals surface area contributed by atoms with Crippen LogP contribution in [0.15, 0.2) is 71.2 Å². The highest BCUT2D eigenvalue weighted by Crippen LogP contribution is 2.39. The van der Waals surface area contributed by atoms with E-state index in [4.69, 9.17) is 20.5 Å². The van der Waals surface area contributed by atoms with Gasteiger partial charge in [0.05, 0.1) is 28.4 Å². The van der Waals surface area contributed by atoms with Gasteiger partial charge in [-0.25, -0.2) is 4.79 Å². The van der Waals surface area contributed by atoms with E-state index >= 15 is 0 Å². The predicted octanol–water partition coefficient (Wildman–Crippen LogP) is 6.33. The summed E-state index contributed by atoms with van der Waals surface area (Å²) in [6, 6.07) is 15.0. The van der Waals surface area contributed by atoms with Gasteiger partial charge >= 0.3 is 5.97 Å². The summed E-state index contributed by atoms with van der Waals surface area (Å²) in [7, 11) is 3.79. The van der Waals surface area contributed by atoms with Gasteiger partial charge in [0.15, 0.2) is 17.0 Å². The Balaban J connectivity index is 0.000000159. The number of carbonyl (C=O) groups is 2. The largest absolute Gasteiger partial charge is 0.478 e. The van der Waals surface area contributed by atoms with Crippen LogP contribution < -0.4 is 5.73 Å². The first-order chi connectivity index (χ1) is 24.2. The molecule has 4 heterocycles. The van der Waals surface area contributed by atoms with Gasteiger partial charge in [-0.1, -0.05) is 46.7 Å². The van der Waals surface area contributed by atoms with Crippen molar-refractivity contribution in [3.63, 3.8) is 0 Å². The summed E-state index contributed by atoms with van der Waals surface area (Å²) in [5.41, 5.74) is 12.8. The Bertz CT molecular complexity index is 1970. The van der Waals surface area contributed by atoms with Gasteiger partial charge in [-0.05, 0) is 82.6 Å². The summed E-state index contributed by atoms with van der Waals surface area (Å²) in [4.78, 5) is 34.6. The Kier molecular flexibility index (Phi) is 9.99. The maximum Gasteiger partial charge on any atom is 0.335 e. The fraction of sp³-hybridized carbons (Fsp3) is 0.436. The molecule has 0 saturated heterocycles. The van der Waals surface area contributed by atoms with Crippen molar-refractivity contribution in [2.75, 3.05) is 0 Å².